The fraction of sp³-hybridized carbons (Fsp3) is 0.533. The number of hydrogen-bond donors (Lipinski definition) is 0. The molecule has 6 heteroatoms. The molecule has 112 valence electrons. The zero-order valence-corrected chi connectivity index (χ0v) is 13.1. The first-order valence-corrected chi connectivity index (χ1v) is 8.37. The lowest BCUT2D eigenvalue weighted by Crippen LogP contribution is -2.27. The summed E-state index contributed by atoms with van der Waals surface area (Å²) in [5.41, 5.74) is 0. The van der Waals surface area contributed by atoms with Crippen LogP contribution in [-0.4, -0.2) is 38.7 Å². The van der Waals surface area contributed by atoms with E-state index >= 15 is 0 Å². The van der Waals surface area contributed by atoms with Crippen molar-refractivity contribution < 1.29 is 4.79 Å². The highest BCUT2D eigenvalue weighted by molar-refractivity contribution is 7.09. The van der Waals surface area contributed by atoms with Crippen LogP contribution in [0.1, 0.15) is 36.3 Å². The third kappa shape index (κ3) is 3.32. The molecular weight excluding hydrogens is 284 g/mol. The highest BCUT2D eigenvalue weighted by Gasteiger charge is 2.20. The predicted octanol–water partition coefficient (Wildman–Crippen LogP) is 2.12. The molecule has 1 aliphatic heterocycles. The van der Waals surface area contributed by atoms with Gasteiger partial charge >= 0.3 is 0 Å². The molecule has 1 saturated heterocycles. The number of thiophene rings is 1. The normalized spacial score (nSPS) is 15.1. The van der Waals surface area contributed by atoms with Gasteiger partial charge in [-0.2, -0.15) is 5.10 Å². The van der Waals surface area contributed by atoms with E-state index in [0.717, 1.165) is 50.5 Å². The summed E-state index contributed by atoms with van der Waals surface area (Å²) >= 11 is 1.73. The Hall–Kier alpha value is -1.69. The highest BCUT2D eigenvalue weighted by Crippen LogP contribution is 2.14. The van der Waals surface area contributed by atoms with Crippen LogP contribution in [-0.2, 0) is 24.2 Å². The number of nitrogens with zero attached hydrogens (tertiary/aromatic N) is 4. The second-order valence-electron chi connectivity index (χ2n) is 5.25. The molecule has 5 nitrogen and oxygen atoms in total. The second-order valence-corrected chi connectivity index (χ2v) is 6.28. The number of carbonyl (C=O) groups is 1. The maximum atomic E-state index is 11.7. The van der Waals surface area contributed by atoms with Crippen molar-refractivity contribution in [2.24, 2.45) is 0 Å². The lowest BCUT2D eigenvalue weighted by atomic mass is 10.3. The Balaban J connectivity index is 1.66. The number of likely N-dealkylation sites (tertiary alicyclic amines) is 1. The Bertz CT molecular complexity index is 605. The van der Waals surface area contributed by atoms with Gasteiger partial charge in [0.1, 0.15) is 5.82 Å². The van der Waals surface area contributed by atoms with Crippen LogP contribution in [0.5, 0.6) is 0 Å². The molecule has 0 aliphatic carbocycles. The van der Waals surface area contributed by atoms with Crippen LogP contribution in [0.2, 0.25) is 0 Å². The molecule has 0 bridgehead atoms. The van der Waals surface area contributed by atoms with E-state index in [4.69, 9.17) is 0 Å². The van der Waals surface area contributed by atoms with Gasteiger partial charge < -0.3 is 4.90 Å². The third-order valence-electron chi connectivity index (χ3n) is 3.78. The van der Waals surface area contributed by atoms with Crippen LogP contribution in [0.15, 0.2) is 17.5 Å². The smallest absolute Gasteiger partial charge is 0.222 e. The third-order valence-corrected chi connectivity index (χ3v) is 4.66. The van der Waals surface area contributed by atoms with Crippen LogP contribution >= 0.6 is 11.3 Å². The summed E-state index contributed by atoms with van der Waals surface area (Å²) in [4.78, 5) is 19.5. The molecule has 3 heterocycles. The Morgan fingerprint density at radius 2 is 2.33 bits per heavy atom. The molecule has 3 rings (SSSR count). The first-order valence-electron chi connectivity index (χ1n) is 7.49. The van der Waals surface area contributed by atoms with Crippen LogP contribution in [0.4, 0.5) is 0 Å². The molecule has 1 fully saturated rings. The van der Waals surface area contributed by atoms with Gasteiger partial charge in [0.25, 0.3) is 0 Å². The molecule has 0 atom stereocenters. The summed E-state index contributed by atoms with van der Waals surface area (Å²) in [5.74, 6) is 2.14. The molecule has 0 unspecified atom stereocenters. The number of carbonyl (C=O) groups excluding carboxylic acids is 1. The molecule has 0 spiro atoms. The Morgan fingerprint density at radius 1 is 1.43 bits per heavy atom. The van der Waals surface area contributed by atoms with Crippen LogP contribution in [0.3, 0.4) is 0 Å². The number of rotatable bonds is 6. The molecular formula is C15H20N4OS. The average Bonchev–Trinajstić information content (AvgIpc) is 3.19. The van der Waals surface area contributed by atoms with Crippen molar-refractivity contribution in [2.75, 3.05) is 13.1 Å². The standard InChI is InChI=1S/C15H20N4OS/c1-2-19-14(7-9-18-8-3-6-15(18)20)16-13(17-19)11-12-5-4-10-21-12/h4-5,10H,2-3,6-9,11H2,1H3. The van der Waals surface area contributed by atoms with E-state index in [1.807, 2.05) is 9.58 Å². The summed E-state index contributed by atoms with van der Waals surface area (Å²) in [7, 11) is 0. The van der Waals surface area contributed by atoms with Crippen molar-refractivity contribution in [3.05, 3.63) is 34.0 Å². The maximum absolute atomic E-state index is 11.7. The van der Waals surface area contributed by atoms with Gasteiger partial charge in [0, 0.05) is 43.8 Å². The van der Waals surface area contributed by atoms with Crippen molar-refractivity contribution in [3.63, 3.8) is 0 Å². The summed E-state index contributed by atoms with van der Waals surface area (Å²) < 4.78 is 1.96. The van der Waals surface area contributed by atoms with Gasteiger partial charge in [-0.3, -0.25) is 9.48 Å². The van der Waals surface area contributed by atoms with Gasteiger partial charge in [0.15, 0.2) is 5.82 Å². The summed E-state index contributed by atoms with van der Waals surface area (Å²) in [5, 5.41) is 6.65. The monoisotopic (exact) mass is 304 g/mol. The van der Waals surface area contributed by atoms with Gasteiger partial charge in [0.05, 0.1) is 0 Å². The molecule has 0 aromatic carbocycles. The number of amides is 1. The minimum absolute atomic E-state index is 0.274. The summed E-state index contributed by atoms with van der Waals surface area (Å²) in [6.45, 7) is 4.55. The zero-order valence-electron chi connectivity index (χ0n) is 12.3. The number of aryl methyl sites for hydroxylation is 1. The van der Waals surface area contributed by atoms with E-state index in [1.165, 1.54) is 4.88 Å². The molecule has 0 saturated carbocycles. The fourth-order valence-corrected chi connectivity index (χ4v) is 3.39. The first-order chi connectivity index (χ1) is 10.3. The maximum Gasteiger partial charge on any atom is 0.222 e. The molecule has 2 aromatic heterocycles. The molecule has 0 radical (unpaired) electrons. The largest absolute Gasteiger partial charge is 0.342 e. The van der Waals surface area contributed by atoms with E-state index in [1.54, 1.807) is 11.3 Å². The molecule has 2 aromatic rings. The van der Waals surface area contributed by atoms with Gasteiger partial charge in [0.2, 0.25) is 5.91 Å². The van der Waals surface area contributed by atoms with Crippen molar-refractivity contribution in [2.45, 2.75) is 39.2 Å². The predicted molar refractivity (Wildman–Crippen MR) is 82.3 cm³/mol. The van der Waals surface area contributed by atoms with Crippen molar-refractivity contribution in [1.29, 1.82) is 0 Å². The van der Waals surface area contributed by atoms with Crippen molar-refractivity contribution in [1.82, 2.24) is 19.7 Å². The van der Waals surface area contributed by atoms with Crippen LogP contribution in [0.25, 0.3) is 0 Å². The summed E-state index contributed by atoms with van der Waals surface area (Å²) in [6.07, 6.45) is 3.27. The summed E-state index contributed by atoms with van der Waals surface area (Å²) in [6, 6.07) is 4.16. The Morgan fingerprint density at radius 3 is 3.00 bits per heavy atom. The lowest BCUT2D eigenvalue weighted by Gasteiger charge is -2.14. The lowest BCUT2D eigenvalue weighted by molar-refractivity contribution is -0.127. The van der Waals surface area contributed by atoms with Gasteiger partial charge in [-0.25, -0.2) is 4.98 Å². The molecule has 1 amide bonds. The van der Waals surface area contributed by atoms with Gasteiger partial charge in [-0.05, 0) is 24.8 Å². The van der Waals surface area contributed by atoms with E-state index in [-0.39, 0.29) is 5.91 Å². The van der Waals surface area contributed by atoms with Crippen LogP contribution < -0.4 is 0 Å². The minimum atomic E-state index is 0.274. The number of hydrogen-bond acceptors (Lipinski definition) is 4. The molecule has 0 N–H and O–H groups in total. The average molecular weight is 304 g/mol. The second kappa shape index (κ2) is 6.39. The quantitative estimate of drug-likeness (QED) is 0.821. The van der Waals surface area contributed by atoms with Gasteiger partial charge in [-0.15, -0.1) is 11.3 Å². The van der Waals surface area contributed by atoms with E-state index < -0.39 is 0 Å². The van der Waals surface area contributed by atoms with Crippen molar-refractivity contribution in [3.8, 4) is 0 Å². The molecule has 1 aliphatic rings. The van der Waals surface area contributed by atoms with Crippen molar-refractivity contribution >= 4 is 17.2 Å². The molecule has 21 heavy (non-hydrogen) atoms. The van der Waals surface area contributed by atoms with Crippen LogP contribution in [0, 0.1) is 0 Å². The van der Waals surface area contributed by atoms with E-state index in [9.17, 15) is 4.79 Å². The zero-order chi connectivity index (χ0) is 14.7. The van der Waals surface area contributed by atoms with E-state index in [2.05, 4.69) is 34.5 Å². The first kappa shape index (κ1) is 14.3. The van der Waals surface area contributed by atoms with E-state index in [0.29, 0.717) is 6.42 Å². The fourth-order valence-electron chi connectivity index (χ4n) is 2.68. The highest BCUT2D eigenvalue weighted by atomic mass is 32.1. The SMILES string of the molecule is CCn1nc(Cc2cccs2)nc1CCN1CCCC1=O. The number of aromatic nitrogens is 3. The Kier molecular flexibility index (Phi) is 4.34. The Labute approximate surface area is 128 Å². The topological polar surface area (TPSA) is 51.0 Å². The minimum Gasteiger partial charge on any atom is -0.342 e. The van der Waals surface area contributed by atoms with Gasteiger partial charge in [-0.1, -0.05) is 6.07 Å².